The minimum Gasteiger partial charge on any atom is -0.507 e. The maximum Gasteiger partial charge on any atom is 0.335 e. The van der Waals surface area contributed by atoms with Crippen molar-refractivity contribution in [1.29, 1.82) is 0 Å². The van der Waals surface area contributed by atoms with E-state index in [0.29, 0.717) is 11.5 Å². The van der Waals surface area contributed by atoms with Crippen LogP contribution in [0.5, 0.6) is 11.5 Å². The van der Waals surface area contributed by atoms with Gasteiger partial charge in [-0.25, -0.2) is 4.79 Å². The van der Waals surface area contributed by atoms with Gasteiger partial charge >= 0.3 is 5.97 Å². The molecule has 16 rings (SSSR count). The van der Waals surface area contributed by atoms with E-state index >= 15 is 0 Å². The molecule has 3 nitrogen and oxygen atoms in total. The topological polar surface area (TPSA) is 46.5 Å². The predicted molar refractivity (Wildman–Crippen MR) is 339 cm³/mol. The Balaban J connectivity index is 0.000000136. The van der Waals surface area contributed by atoms with E-state index in [9.17, 15) is 9.90 Å². The number of carbonyl (C=O) groups excluding carboxylic acids is 1. The summed E-state index contributed by atoms with van der Waals surface area (Å²) in [5, 5.41) is 25.6. The van der Waals surface area contributed by atoms with Gasteiger partial charge in [-0.2, -0.15) is 0 Å². The Kier molecular flexibility index (Phi) is 11.1. The molecular weight excluding hydrogens is 1030 g/mol. The summed E-state index contributed by atoms with van der Waals surface area (Å²) in [7, 11) is 0. The zero-order valence-electron chi connectivity index (χ0n) is 41.6. The fourth-order valence-electron chi connectivity index (χ4n) is 11.6. The highest BCUT2D eigenvalue weighted by Gasteiger charge is 2.21. The third-order valence-electron chi connectivity index (χ3n) is 15.1. The zero-order chi connectivity index (χ0) is 52.0. The van der Waals surface area contributed by atoms with Crippen molar-refractivity contribution in [2.24, 2.45) is 0 Å². The Hall–Kier alpha value is -8.95. The van der Waals surface area contributed by atoms with E-state index < -0.39 is 5.97 Å². The monoisotopic (exact) mass is 1070 g/mol. The summed E-state index contributed by atoms with van der Waals surface area (Å²) in [5.41, 5.74) is 8.80. The van der Waals surface area contributed by atoms with E-state index in [0.717, 1.165) is 49.4 Å². The van der Waals surface area contributed by atoms with Gasteiger partial charge in [0.15, 0.2) is 0 Å². The summed E-state index contributed by atoms with van der Waals surface area (Å²) < 4.78 is 15.9. The van der Waals surface area contributed by atoms with Crippen LogP contribution in [-0.2, 0) is 4.79 Å². The molecule has 368 valence electrons. The van der Waals surface area contributed by atoms with Gasteiger partial charge in [0.1, 0.15) is 11.5 Å². The highest BCUT2D eigenvalue weighted by molar-refractivity contribution is 7.27. The second-order valence-corrected chi connectivity index (χ2v) is 23.7. The van der Waals surface area contributed by atoms with Crippen molar-refractivity contribution < 1.29 is 14.6 Å². The predicted octanol–water partition coefficient (Wildman–Crippen LogP) is 21.6. The lowest BCUT2D eigenvalue weighted by Crippen LogP contribution is -2.04. The van der Waals surface area contributed by atoms with Gasteiger partial charge < -0.3 is 9.84 Å². The zero-order valence-corrected chi connectivity index (χ0v) is 44.9. The summed E-state index contributed by atoms with van der Waals surface area (Å²) in [6.07, 6.45) is 1.21. The van der Waals surface area contributed by atoms with Gasteiger partial charge in [0.2, 0.25) is 0 Å². The number of fused-ring (bicyclic) bond motifs is 14. The fourth-order valence-corrected chi connectivity index (χ4v) is 16.5. The molecule has 0 aliphatic heterocycles. The van der Waals surface area contributed by atoms with Gasteiger partial charge in [-0.3, -0.25) is 0 Å². The number of rotatable bonds is 6. The van der Waals surface area contributed by atoms with E-state index in [-0.39, 0.29) is 0 Å². The number of hydrogen-bond acceptors (Lipinski definition) is 7. The second kappa shape index (κ2) is 18.7. The number of phenols is 1. The average molecular weight is 1070 g/mol. The van der Waals surface area contributed by atoms with E-state index in [1.54, 1.807) is 22.7 Å². The Morgan fingerprint density at radius 2 is 0.718 bits per heavy atom. The molecule has 0 unspecified atom stereocenters. The van der Waals surface area contributed by atoms with Crippen molar-refractivity contribution in [3.05, 3.63) is 243 Å². The first kappa shape index (κ1) is 46.4. The molecule has 0 saturated carbocycles. The number of ether oxygens (including phenoxy) is 1. The van der Waals surface area contributed by atoms with Gasteiger partial charge in [-0.15, -0.1) is 45.3 Å². The summed E-state index contributed by atoms with van der Waals surface area (Å²) in [6.45, 7) is 3.61. The number of aromatic hydroxyl groups is 1. The van der Waals surface area contributed by atoms with E-state index in [1.165, 1.54) is 103 Å². The van der Waals surface area contributed by atoms with Gasteiger partial charge in [0.25, 0.3) is 0 Å². The maximum atomic E-state index is 12.4. The molecule has 0 radical (unpaired) electrons. The number of phenolic OH excluding ortho intramolecular Hbond substituents is 1. The van der Waals surface area contributed by atoms with Gasteiger partial charge in [-0.1, -0.05) is 189 Å². The average Bonchev–Trinajstić information content (AvgIpc) is 4.29. The molecule has 0 atom stereocenters. The highest BCUT2D eigenvalue weighted by atomic mass is 32.1. The minimum atomic E-state index is -0.470. The highest BCUT2D eigenvalue weighted by Crippen LogP contribution is 2.49. The summed E-state index contributed by atoms with van der Waals surface area (Å²) >= 11 is 7.26. The Morgan fingerprint density at radius 1 is 0.359 bits per heavy atom. The SMILES string of the molecule is C=CC(=O)Oc1ccc2cc(-c3cccc4c3sc3ccccc34)ccc2c1-c1cccc2c1sc1ccccc12.Oc1ccc2cc(-c3cccc4c3sc3ccccc34)ccc2c1-c1cccc2c1sc1ccccc12. The van der Waals surface area contributed by atoms with Crippen LogP contribution in [0.15, 0.2) is 243 Å². The summed E-state index contributed by atoms with van der Waals surface area (Å²) in [4.78, 5) is 12.4. The molecule has 0 saturated heterocycles. The van der Waals surface area contributed by atoms with Gasteiger partial charge in [0, 0.05) is 109 Å². The minimum absolute atomic E-state index is 0.316. The smallest absolute Gasteiger partial charge is 0.335 e. The number of esters is 1. The van der Waals surface area contributed by atoms with Gasteiger partial charge in [0.05, 0.1) is 0 Å². The molecule has 0 spiro atoms. The van der Waals surface area contributed by atoms with Crippen molar-refractivity contribution in [2.45, 2.75) is 0 Å². The largest absolute Gasteiger partial charge is 0.507 e. The fraction of sp³-hybridized carbons (Fsp3) is 0. The van der Waals surface area contributed by atoms with Gasteiger partial charge in [-0.05, 0) is 92.3 Å². The molecule has 0 bridgehead atoms. The van der Waals surface area contributed by atoms with E-state index in [4.69, 9.17) is 4.74 Å². The first-order chi connectivity index (χ1) is 38.5. The molecule has 0 amide bonds. The number of benzene rings is 12. The summed E-state index contributed by atoms with van der Waals surface area (Å²) in [6, 6.07) is 81.3. The Bertz CT molecular complexity index is 5150. The molecule has 78 heavy (non-hydrogen) atoms. The number of thiophene rings is 4. The van der Waals surface area contributed by atoms with Crippen molar-refractivity contribution in [3.8, 4) is 56.0 Å². The van der Waals surface area contributed by atoms with Crippen molar-refractivity contribution in [1.82, 2.24) is 0 Å². The summed E-state index contributed by atoms with van der Waals surface area (Å²) in [5.74, 6) is 0.380. The molecule has 4 heterocycles. The van der Waals surface area contributed by atoms with Crippen LogP contribution < -0.4 is 4.74 Å². The lowest BCUT2D eigenvalue weighted by atomic mass is 9.93. The lowest BCUT2D eigenvalue weighted by Gasteiger charge is -2.15. The molecule has 0 aliphatic carbocycles. The molecular formula is C71H42O3S4. The van der Waals surface area contributed by atoms with Crippen molar-refractivity contribution in [2.75, 3.05) is 0 Å². The quantitative estimate of drug-likeness (QED) is 0.103. The molecule has 0 aliphatic rings. The first-order valence-electron chi connectivity index (χ1n) is 25.7. The van der Waals surface area contributed by atoms with Crippen LogP contribution in [0.4, 0.5) is 0 Å². The molecule has 16 aromatic rings. The van der Waals surface area contributed by atoms with Crippen LogP contribution in [0, 0.1) is 0 Å². The van der Waals surface area contributed by atoms with Crippen LogP contribution in [-0.4, -0.2) is 11.1 Å². The van der Waals surface area contributed by atoms with Crippen molar-refractivity contribution in [3.63, 3.8) is 0 Å². The van der Waals surface area contributed by atoms with Crippen LogP contribution in [0.2, 0.25) is 0 Å². The molecule has 7 heteroatoms. The van der Waals surface area contributed by atoms with Crippen LogP contribution in [0.25, 0.3) is 147 Å². The Morgan fingerprint density at radius 3 is 1.15 bits per heavy atom. The van der Waals surface area contributed by atoms with Crippen LogP contribution in [0.3, 0.4) is 0 Å². The molecule has 12 aromatic carbocycles. The van der Waals surface area contributed by atoms with E-state index in [1.807, 2.05) is 46.9 Å². The second-order valence-electron chi connectivity index (χ2n) is 19.5. The van der Waals surface area contributed by atoms with Crippen LogP contribution in [0.1, 0.15) is 0 Å². The number of carbonyl (C=O) groups is 1. The standard InChI is InChI=1S/C37H22O2S2.C34H20OS2/c1-2-34(38)39-31-20-18-22-21-23(25-11-7-12-28-26-9-3-5-15-32(26)40-36(25)28)17-19-24(22)35(31)30-14-8-13-29-27-10-4-6-16-33(27)41-37(29)30;35-29-18-16-20-19-21(23-9-5-10-26-24-7-1-3-13-30(24)36-33(23)26)15-17-22(20)32(29)28-12-6-11-27-25-8-2-4-14-31(25)37-34(27)28/h2-21H,1H2;1-19,35H. The molecule has 1 N–H and O–H groups in total. The third-order valence-corrected chi connectivity index (χ3v) is 20.0. The maximum absolute atomic E-state index is 12.4. The number of hydrogen-bond donors (Lipinski definition) is 1. The molecule has 0 fully saturated rings. The normalized spacial score (nSPS) is 11.7. The van der Waals surface area contributed by atoms with Crippen LogP contribution >= 0.6 is 45.3 Å². The lowest BCUT2D eigenvalue weighted by molar-refractivity contribution is -0.128. The molecule has 4 aromatic heterocycles. The van der Waals surface area contributed by atoms with Crippen molar-refractivity contribution >= 4 is 154 Å². The van der Waals surface area contributed by atoms with E-state index in [2.05, 4.69) is 213 Å². The first-order valence-corrected chi connectivity index (χ1v) is 29.0. The Labute approximate surface area is 464 Å². The third kappa shape index (κ3) is 7.53.